The minimum absolute atomic E-state index is 0.0339. The Hall–Kier alpha value is -1.40. The summed E-state index contributed by atoms with van der Waals surface area (Å²) >= 11 is 0. The van der Waals surface area contributed by atoms with Crippen molar-refractivity contribution in [1.29, 1.82) is 0 Å². The summed E-state index contributed by atoms with van der Waals surface area (Å²) in [4.78, 5) is 19.2. The normalized spacial score (nSPS) is 19.8. The van der Waals surface area contributed by atoms with E-state index in [0.29, 0.717) is 25.6 Å². The van der Waals surface area contributed by atoms with Crippen molar-refractivity contribution < 1.29 is 4.74 Å². The van der Waals surface area contributed by atoms with Gasteiger partial charge in [0.05, 0.1) is 19.3 Å². The zero-order valence-electron chi connectivity index (χ0n) is 13.4. The molecule has 2 heterocycles. The van der Waals surface area contributed by atoms with Crippen LogP contribution in [0.25, 0.3) is 0 Å². The van der Waals surface area contributed by atoms with Gasteiger partial charge in [0.1, 0.15) is 0 Å². The van der Waals surface area contributed by atoms with Crippen LogP contribution in [0.1, 0.15) is 27.7 Å². The number of nitrogens with zero attached hydrogens (tertiary/aromatic N) is 3. The number of hydrogen-bond acceptors (Lipinski definition) is 5. The van der Waals surface area contributed by atoms with E-state index in [-0.39, 0.29) is 17.1 Å². The SMILES string of the molecule is CCNCC1COCCN1c1nccn(C(C)(C)C)c1=O. The highest BCUT2D eigenvalue weighted by Gasteiger charge is 2.27. The predicted molar refractivity (Wildman–Crippen MR) is 84.0 cm³/mol. The highest BCUT2D eigenvalue weighted by molar-refractivity contribution is 5.38. The maximum atomic E-state index is 12.7. The van der Waals surface area contributed by atoms with Gasteiger partial charge in [-0.25, -0.2) is 4.98 Å². The van der Waals surface area contributed by atoms with Gasteiger partial charge in [-0.05, 0) is 27.3 Å². The van der Waals surface area contributed by atoms with Crippen LogP contribution < -0.4 is 15.8 Å². The minimum atomic E-state index is -0.252. The van der Waals surface area contributed by atoms with Crippen LogP contribution in [0, 0.1) is 0 Å². The first-order valence-electron chi connectivity index (χ1n) is 7.58. The largest absolute Gasteiger partial charge is 0.377 e. The molecular formula is C15H26N4O2. The van der Waals surface area contributed by atoms with Crippen LogP contribution in [0.15, 0.2) is 17.2 Å². The van der Waals surface area contributed by atoms with Crippen molar-refractivity contribution in [3.05, 3.63) is 22.7 Å². The summed E-state index contributed by atoms with van der Waals surface area (Å²) in [6.45, 7) is 11.8. The molecule has 6 nitrogen and oxygen atoms in total. The van der Waals surface area contributed by atoms with Crippen LogP contribution in [0.3, 0.4) is 0 Å². The lowest BCUT2D eigenvalue weighted by Gasteiger charge is -2.36. The number of aromatic nitrogens is 2. The lowest BCUT2D eigenvalue weighted by molar-refractivity contribution is 0.0932. The first-order chi connectivity index (χ1) is 9.95. The molecule has 1 aliphatic heterocycles. The molecule has 21 heavy (non-hydrogen) atoms. The number of likely N-dealkylation sites (N-methyl/N-ethyl adjacent to an activating group) is 1. The average molecular weight is 294 g/mol. The zero-order valence-corrected chi connectivity index (χ0v) is 13.4. The highest BCUT2D eigenvalue weighted by atomic mass is 16.5. The molecule has 0 radical (unpaired) electrons. The number of ether oxygens (including phenoxy) is 1. The summed E-state index contributed by atoms with van der Waals surface area (Å²) in [6, 6.07) is 0.148. The smallest absolute Gasteiger partial charge is 0.294 e. The minimum Gasteiger partial charge on any atom is -0.377 e. The van der Waals surface area contributed by atoms with E-state index in [1.165, 1.54) is 0 Å². The first kappa shape index (κ1) is 16.0. The van der Waals surface area contributed by atoms with Crippen molar-refractivity contribution in [3.8, 4) is 0 Å². The second-order valence-electron chi connectivity index (χ2n) is 6.33. The number of rotatable bonds is 4. The molecule has 2 rings (SSSR count). The van der Waals surface area contributed by atoms with Gasteiger partial charge in [-0.2, -0.15) is 0 Å². The fraction of sp³-hybridized carbons (Fsp3) is 0.733. The Labute approximate surface area is 126 Å². The van der Waals surface area contributed by atoms with E-state index >= 15 is 0 Å². The third-order valence-corrected chi connectivity index (χ3v) is 3.67. The molecule has 1 aliphatic rings. The van der Waals surface area contributed by atoms with Gasteiger partial charge in [-0.3, -0.25) is 4.79 Å². The van der Waals surface area contributed by atoms with Gasteiger partial charge in [0, 0.05) is 31.0 Å². The number of anilines is 1. The van der Waals surface area contributed by atoms with Crippen LogP contribution in [0.5, 0.6) is 0 Å². The van der Waals surface area contributed by atoms with E-state index in [2.05, 4.69) is 22.1 Å². The topological polar surface area (TPSA) is 59.4 Å². The molecule has 1 unspecified atom stereocenters. The molecule has 0 amide bonds. The molecule has 1 atom stereocenters. The van der Waals surface area contributed by atoms with Gasteiger partial charge in [0.15, 0.2) is 5.82 Å². The summed E-state index contributed by atoms with van der Waals surface area (Å²) in [5.41, 5.74) is -0.286. The van der Waals surface area contributed by atoms with Crippen LogP contribution >= 0.6 is 0 Å². The molecule has 6 heteroatoms. The van der Waals surface area contributed by atoms with Gasteiger partial charge < -0.3 is 19.5 Å². The molecule has 0 saturated carbocycles. The van der Waals surface area contributed by atoms with E-state index < -0.39 is 0 Å². The highest BCUT2D eigenvalue weighted by Crippen LogP contribution is 2.16. The Morgan fingerprint density at radius 1 is 1.48 bits per heavy atom. The van der Waals surface area contributed by atoms with E-state index in [0.717, 1.165) is 13.1 Å². The maximum Gasteiger partial charge on any atom is 0.294 e. The van der Waals surface area contributed by atoms with E-state index in [1.54, 1.807) is 17.0 Å². The fourth-order valence-electron chi connectivity index (χ4n) is 2.54. The van der Waals surface area contributed by atoms with E-state index in [4.69, 9.17) is 4.74 Å². The Morgan fingerprint density at radius 3 is 2.90 bits per heavy atom. The van der Waals surface area contributed by atoms with Crippen molar-refractivity contribution in [2.45, 2.75) is 39.3 Å². The summed E-state index contributed by atoms with van der Waals surface area (Å²) in [6.07, 6.45) is 3.47. The van der Waals surface area contributed by atoms with Crippen molar-refractivity contribution in [2.24, 2.45) is 0 Å². The van der Waals surface area contributed by atoms with Crippen molar-refractivity contribution in [3.63, 3.8) is 0 Å². The Kier molecular flexibility index (Phi) is 5.00. The molecule has 0 spiro atoms. The number of morpholine rings is 1. The summed E-state index contributed by atoms with van der Waals surface area (Å²) < 4.78 is 7.30. The Balaban J connectivity index is 2.33. The molecule has 0 aliphatic carbocycles. The third-order valence-electron chi connectivity index (χ3n) is 3.67. The lowest BCUT2D eigenvalue weighted by atomic mass is 10.1. The summed E-state index contributed by atoms with van der Waals surface area (Å²) in [5, 5.41) is 3.32. The van der Waals surface area contributed by atoms with Crippen molar-refractivity contribution >= 4 is 5.82 Å². The molecule has 1 N–H and O–H groups in total. The van der Waals surface area contributed by atoms with Gasteiger partial charge in [0.25, 0.3) is 5.56 Å². The molecule has 1 aromatic heterocycles. The van der Waals surface area contributed by atoms with E-state index in [1.807, 2.05) is 20.8 Å². The Bertz CT molecular complexity index is 521. The lowest BCUT2D eigenvalue weighted by Crippen LogP contribution is -2.53. The van der Waals surface area contributed by atoms with Gasteiger partial charge in [-0.15, -0.1) is 0 Å². The second kappa shape index (κ2) is 6.58. The third kappa shape index (κ3) is 3.63. The number of hydrogen-bond donors (Lipinski definition) is 1. The fourth-order valence-corrected chi connectivity index (χ4v) is 2.54. The molecule has 1 fully saturated rings. The zero-order chi connectivity index (χ0) is 15.5. The van der Waals surface area contributed by atoms with Crippen LogP contribution in [-0.2, 0) is 10.3 Å². The average Bonchev–Trinajstić information content (AvgIpc) is 2.44. The van der Waals surface area contributed by atoms with Gasteiger partial charge >= 0.3 is 0 Å². The van der Waals surface area contributed by atoms with Crippen LogP contribution in [0.2, 0.25) is 0 Å². The molecule has 1 saturated heterocycles. The number of nitrogens with one attached hydrogen (secondary N) is 1. The van der Waals surface area contributed by atoms with E-state index in [9.17, 15) is 4.79 Å². The maximum absolute atomic E-state index is 12.7. The molecule has 1 aromatic rings. The van der Waals surface area contributed by atoms with Crippen LogP contribution in [0.4, 0.5) is 5.82 Å². The monoisotopic (exact) mass is 294 g/mol. The standard InChI is InChI=1S/C15H26N4O2/c1-5-16-10-12-11-21-9-8-18(12)13-14(20)19(7-6-17-13)15(2,3)4/h6-7,12,16H,5,8-11H2,1-4H3. The van der Waals surface area contributed by atoms with Crippen molar-refractivity contribution in [1.82, 2.24) is 14.9 Å². The summed E-state index contributed by atoms with van der Waals surface area (Å²) in [7, 11) is 0. The van der Waals surface area contributed by atoms with Crippen LogP contribution in [-0.4, -0.2) is 48.4 Å². The Morgan fingerprint density at radius 2 is 2.24 bits per heavy atom. The second-order valence-corrected chi connectivity index (χ2v) is 6.33. The molecule has 0 bridgehead atoms. The molecule has 0 aromatic carbocycles. The van der Waals surface area contributed by atoms with Gasteiger partial charge in [0.2, 0.25) is 0 Å². The predicted octanol–water partition coefficient (Wildman–Crippen LogP) is 0.813. The first-order valence-corrected chi connectivity index (χ1v) is 7.58. The molecule has 118 valence electrons. The molecular weight excluding hydrogens is 268 g/mol. The van der Waals surface area contributed by atoms with Crippen molar-refractivity contribution in [2.75, 3.05) is 37.7 Å². The quantitative estimate of drug-likeness (QED) is 0.890. The van der Waals surface area contributed by atoms with Gasteiger partial charge in [-0.1, -0.05) is 6.92 Å². The summed E-state index contributed by atoms with van der Waals surface area (Å²) in [5.74, 6) is 0.527.